The lowest BCUT2D eigenvalue weighted by Gasteiger charge is -2.62. The zero-order valence-corrected chi connectivity index (χ0v) is 20.7. The van der Waals surface area contributed by atoms with Gasteiger partial charge in [-0.05, 0) is 92.4 Å². The minimum Gasteiger partial charge on any atom is -0.392 e. The van der Waals surface area contributed by atoms with Crippen LogP contribution in [-0.4, -0.2) is 48.2 Å². The molecule has 5 aliphatic carbocycles. The van der Waals surface area contributed by atoms with E-state index in [0.717, 1.165) is 12.8 Å². The largest absolute Gasteiger partial charge is 0.392 e. The average molecular weight is 429 g/mol. The van der Waals surface area contributed by atoms with Crippen molar-refractivity contribution in [3.63, 3.8) is 0 Å². The molecule has 5 aliphatic rings. The van der Waals surface area contributed by atoms with E-state index >= 15 is 0 Å². The summed E-state index contributed by atoms with van der Waals surface area (Å²) in [5, 5.41) is 15.5. The third-order valence-electron chi connectivity index (χ3n) is 12.3. The van der Waals surface area contributed by atoms with Gasteiger partial charge in [0.25, 0.3) is 0 Å². The van der Waals surface area contributed by atoms with Crippen LogP contribution >= 0.6 is 0 Å². The number of nitrogens with one attached hydrogen (secondary N) is 1. The molecule has 1 amide bonds. The topological polar surface area (TPSA) is 52.6 Å². The van der Waals surface area contributed by atoms with Crippen LogP contribution in [-0.2, 0) is 4.79 Å². The first kappa shape index (κ1) is 21.9. The summed E-state index contributed by atoms with van der Waals surface area (Å²) in [4.78, 5) is 14.1. The fourth-order valence-electron chi connectivity index (χ4n) is 10.1. The van der Waals surface area contributed by atoms with Gasteiger partial charge in [-0.15, -0.1) is 0 Å². The summed E-state index contributed by atoms with van der Waals surface area (Å²) in [5.74, 6) is 2.28. The predicted molar refractivity (Wildman–Crippen MR) is 124 cm³/mol. The molecule has 174 valence electrons. The number of nitrogens with zero attached hydrogens (tertiary/aromatic N) is 1. The summed E-state index contributed by atoms with van der Waals surface area (Å²) in [5.41, 5.74) is 0.637. The molecule has 0 aromatic heterocycles. The molecule has 11 atom stereocenters. The third-order valence-corrected chi connectivity index (χ3v) is 12.3. The molecule has 0 bridgehead atoms. The average Bonchev–Trinajstić information content (AvgIpc) is 3.33. The number of aliphatic hydroxyl groups is 1. The van der Waals surface area contributed by atoms with Gasteiger partial charge in [0.2, 0.25) is 5.91 Å². The van der Waals surface area contributed by atoms with Crippen molar-refractivity contribution < 1.29 is 9.90 Å². The molecule has 0 saturated heterocycles. The van der Waals surface area contributed by atoms with Gasteiger partial charge in [-0.25, -0.2) is 0 Å². The smallest absolute Gasteiger partial charge is 0.219 e. The minimum atomic E-state index is -0.225. The Labute approximate surface area is 189 Å². The second kappa shape index (κ2) is 6.59. The number of amides is 1. The zero-order valence-electron chi connectivity index (χ0n) is 20.7. The van der Waals surface area contributed by atoms with E-state index < -0.39 is 0 Å². The van der Waals surface area contributed by atoms with Crippen molar-refractivity contribution in [2.45, 2.75) is 91.3 Å². The summed E-state index contributed by atoms with van der Waals surface area (Å²) >= 11 is 0. The van der Waals surface area contributed by atoms with Gasteiger partial charge < -0.3 is 15.3 Å². The zero-order chi connectivity index (χ0) is 22.6. The lowest BCUT2D eigenvalue weighted by molar-refractivity contribution is -0.159. The highest BCUT2D eigenvalue weighted by atomic mass is 16.3. The Morgan fingerprint density at radius 3 is 2.55 bits per heavy atom. The van der Waals surface area contributed by atoms with E-state index in [0.29, 0.717) is 35.1 Å². The fraction of sp³-hybridized carbons (Fsp3) is 0.889. The molecule has 4 saturated carbocycles. The highest BCUT2D eigenvalue weighted by molar-refractivity contribution is 5.73. The molecule has 4 heteroatoms. The number of hydrogen-bond acceptors (Lipinski definition) is 3. The summed E-state index contributed by atoms with van der Waals surface area (Å²) in [7, 11) is 4.06. The molecule has 2 spiro atoms. The molecule has 0 aliphatic heterocycles. The Morgan fingerprint density at radius 2 is 1.90 bits per heavy atom. The third kappa shape index (κ3) is 2.37. The van der Waals surface area contributed by atoms with Crippen LogP contribution in [0, 0.1) is 45.3 Å². The maximum absolute atomic E-state index is 12.1. The van der Waals surface area contributed by atoms with E-state index in [1.807, 2.05) is 11.9 Å². The van der Waals surface area contributed by atoms with Crippen molar-refractivity contribution in [2.75, 3.05) is 14.1 Å². The van der Waals surface area contributed by atoms with Crippen molar-refractivity contribution in [1.82, 2.24) is 10.2 Å². The monoisotopic (exact) mass is 428 g/mol. The van der Waals surface area contributed by atoms with Gasteiger partial charge in [-0.1, -0.05) is 32.9 Å². The fourth-order valence-corrected chi connectivity index (χ4v) is 10.1. The molecule has 2 N–H and O–H groups in total. The number of hydrogen-bond donors (Lipinski definition) is 2. The van der Waals surface area contributed by atoms with Crippen LogP contribution in [0.5, 0.6) is 0 Å². The van der Waals surface area contributed by atoms with E-state index in [1.165, 1.54) is 25.7 Å². The SMILES string of the molecule is CNC1CCC23CC24C(O)CC2(C)C(C(C)N(C)C(C)=O)CCC2(C)C4C=CC3C1C. The molecule has 11 unspecified atom stereocenters. The molecule has 0 radical (unpaired) electrons. The predicted octanol–water partition coefficient (Wildman–Crippen LogP) is 4.24. The van der Waals surface area contributed by atoms with Gasteiger partial charge in [0.05, 0.1) is 6.10 Å². The minimum absolute atomic E-state index is 0.0558. The highest BCUT2D eigenvalue weighted by Gasteiger charge is 2.83. The van der Waals surface area contributed by atoms with Crippen LogP contribution in [0.2, 0.25) is 0 Å². The Bertz CT molecular complexity index is 811. The number of carbonyl (C=O) groups is 1. The Kier molecular flexibility index (Phi) is 4.67. The number of aliphatic hydroxyl groups excluding tert-OH is 1. The van der Waals surface area contributed by atoms with Crippen LogP contribution in [0.4, 0.5) is 0 Å². The van der Waals surface area contributed by atoms with Crippen LogP contribution in [0.3, 0.4) is 0 Å². The Balaban J connectivity index is 1.53. The number of fused-ring (bicyclic) bond motifs is 2. The molecule has 4 nitrogen and oxygen atoms in total. The van der Waals surface area contributed by atoms with E-state index in [9.17, 15) is 9.90 Å². The Morgan fingerprint density at radius 1 is 1.19 bits per heavy atom. The van der Waals surface area contributed by atoms with Crippen molar-refractivity contribution in [2.24, 2.45) is 45.3 Å². The van der Waals surface area contributed by atoms with E-state index in [4.69, 9.17) is 0 Å². The van der Waals surface area contributed by atoms with Crippen LogP contribution in [0.1, 0.15) is 73.1 Å². The molecule has 0 heterocycles. The first-order valence-corrected chi connectivity index (χ1v) is 12.8. The van der Waals surface area contributed by atoms with E-state index in [2.05, 4.69) is 52.2 Å². The lowest BCUT2D eigenvalue weighted by Crippen LogP contribution is -2.61. The van der Waals surface area contributed by atoms with Crippen LogP contribution in [0.15, 0.2) is 12.2 Å². The summed E-state index contributed by atoms with van der Waals surface area (Å²) in [6, 6.07) is 0.806. The van der Waals surface area contributed by atoms with Gasteiger partial charge in [0.1, 0.15) is 0 Å². The van der Waals surface area contributed by atoms with Gasteiger partial charge in [-0.3, -0.25) is 4.79 Å². The molecule has 0 aromatic carbocycles. The van der Waals surface area contributed by atoms with Crippen LogP contribution in [0.25, 0.3) is 0 Å². The first-order valence-electron chi connectivity index (χ1n) is 12.8. The van der Waals surface area contributed by atoms with E-state index in [1.54, 1.807) is 6.92 Å². The van der Waals surface area contributed by atoms with Crippen molar-refractivity contribution in [3.8, 4) is 0 Å². The van der Waals surface area contributed by atoms with Gasteiger partial charge in [0, 0.05) is 31.5 Å². The first-order chi connectivity index (χ1) is 14.5. The van der Waals surface area contributed by atoms with Crippen molar-refractivity contribution in [3.05, 3.63) is 12.2 Å². The van der Waals surface area contributed by atoms with Gasteiger partial charge >= 0.3 is 0 Å². The number of rotatable bonds is 3. The lowest BCUT2D eigenvalue weighted by atomic mass is 9.43. The standard InChI is InChI=1S/C27H44N2O2/c1-16-19-8-9-22-24(4)12-10-20(17(2)29(7)18(3)30)25(24,5)14-23(31)27(22)15-26(19,27)13-11-21(16)28-6/h8-9,16-17,19-23,28,31H,10-15H2,1-7H3. The molecule has 0 aromatic rings. The normalized spacial score (nSPS) is 55.5. The second-order valence-corrected chi connectivity index (χ2v) is 12.6. The quantitative estimate of drug-likeness (QED) is 0.661. The van der Waals surface area contributed by atoms with E-state index in [-0.39, 0.29) is 34.3 Å². The maximum Gasteiger partial charge on any atom is 0.219 e. The summed E-state index contributed by atoms with van der Waals surface area (Å²) in [6.07, 6.45) is 11.9. The number of allylic oxidation sites excluding steroid dienone is 2. The maximum atomic E-state index is 12.1. The van der Waals surface area contributed by atoms with Gasteiger partial charge in [-0.2, -0.15) is 0 Å². The van der Waals surface area contributed by atoms with Crippen molar-refractivity contribution >= 4 is 5.91 Å². The number of carbonyl (C=O) groups excluding carboxylic acids is 1. The molecular weight excluding hydrogens is 384 g/mol. The molecule has 31 heavy (non-hydrogen) atoms. The van der Waals surface area contributed by atoms with Gasteiger partial charge in [0.15, 0.2) is 0 Å². The molecule has 4 fully saturated rings. The second-order valence-electron chi connectivity index (χ2n) is 12.6. The van der Waals surface area contributed by atoms with Crippen molar-refractivity contribution in [1.29, 1.82) is 0 Å². The Hall–Kier alpha value is -0.870. The summed E-state index contributed by atoms with van der Waals surface area (Å²) < 4.78 is 0. The van der Waals surface area contributed by atoms with Crippen LogP contribution < -0.4 is 5.32 Å². The summed E-state index contributed by atoms with van der Waals surface area (Å²) in [6.45, 7) is 11.3. The highest BCUT2D eigenvalue weighted by Crippen LogP contribution is 2.86. The molecular formula is C27H44N2O2. The molecule has 5 rings (SSSR count).